The lowest BCUT2D eigenvalue weighted by atomic mass is 9.96. The Bertz CT molecular complexity index is 715. The number of rotatable bonds is 6. The molecule has 128 valence electrons. The van der Waals surface area contributed by atoms with Gasteiger partial charge in [-0.05, 0) is 35.4 Å². The van der Waals surface area contributed by atoms with Crippen molar-refractivity contribution in [3.05, 3.63) is 29.6 Å². The maximum absolute atomic E-state index is 12.0. The van der Waals surface area contributed by atoms with E-state index >= 15 is 0 Å². The third kappa shape index (κ3) is 3.81. The monoisotopic (exact) mass is 331 g/mol. The van der Waals surface area contributed by atoms with Crippen LogP contribution in [0.15, 0.2) is 18.2 Å². The fourth-order valence-electron chi connectivity index (χ4n) is 2.68. The SMILES string of the molecule is COc1ccc2c(c1)OC[C@H](CNC(=O)CCn1nnnc1C)C2. The van der Waals surface area contributed by atoms with E-state index in [1.807, 2.05) is 25.1 Å². The molecule has 24 heavy (non-hydrogen) atoms. The maximum Gasteiger partial charge on any atom is 0.221 e. The molecule has 1 aromatic carbocycles. The number of aryl methyl sites for hydroxylation is 2. The molecule has 3 rings (SSSR count). The van der Waals surface area contributed by atoms with Crippen molar-refractivity contribution in [2.24, 2.45) is 5.92 Å². The molecule has 1 aliphatic rings. The van der Waals surface area contributed by atoms with E-state index in [4.69, 9.17) is 9.47 Å². The zero-order valence-electron chi connectivity index (χ0n) is 13.9. The Hall–Kier alpha value is -2.64. The van der Waals surface area contributed by atoms with Crippen LogP contribution in [0.2, 0.25) is 0 Å². The predicted octanol–water partition coefficient (Wildman–Crippen LogP) is 0.748. The number of amides is 1. The van der Waals surface area contributed by atoms with Crippen LogP contribution in [0.5, 0.6) is 11.5 Å². The minimum absolute atomic E-state index is 0.00886. The van der Waals surface area contributed by atoms with Crippen molar-refractivity contribution in [1.82, 2.24) is 25.5 Å². The van der Waals surface area contributed by atoms with Gasteiger partial charge in [-0.1, -0.05) is 6.07 Å². The standard InChI is InChI=1S/C16H21N5O3/c1-11-18-19-20-21(11)6-5-16(22)17-9-12-7-13-3-4-14(23-2)8-15(13)24-10-12/h3-4,8,12H,5-7,9-10H2,1-2H3,(H,17,22)/t12-/m0/s1. The topological polar surface area (TPSA) is 91.2 Å². The predicted molar refractivity (Wildman–Crippen MR) is 85.9 cm³/mol. The van der Waals surface area contributed by atoms with Gasteiger partial charge in [0, 0.05) is 24.9 Å². The molecule has 2 heterocycles. The van der Waals surface area contributed by atoms with E-state index < -0.39 is 0 Å². The van der Waals surface area contributed by atoms with Gasteiger partial charge in [-0.2, -0.15) is 0 Å². The van der Waals surface area contributed by atoms with Gasteiger partial charge in [0.2, 0.25) is 5.91 Å². The van der Waals surface area contributed by atoms with Crippen molar-refractivity contribution in [2.45, 2.75) is 26.3 Å². The molecule has 1 N–H and O–H groups in total. The molecule has 0 saturated carbocycles. The van der Waals surface area contributed by atoms with Crippen molar-refractivity contribution in [3.63, 3.8) is 0 Å². The highest BCUT2D eigenvalue weighted by atomic mass is 16.5. The highest BCUT2D eigenvalue weighted by Crippen LogP contribution is 2.30. The first-order chi connectivity index (χ1) is 11.7. The van der Waals surface area contributed by atoms with Gasteiger partial charge in [-0.25, -0.2) is 4.68 Å². The largest absolute Gasteiger partial charge is 0.497 e. The molecule has 0 saturated heterocycles. The van der Waals surface area contributed by atoms with Crippen LogP contribution in [-0.2, 0) is 17.8 Å². The summed E-state index contributed by atoms with van der Waals surface area (Å²) in [5, 5.41) is 14.1. The normalized spacial score (nSPS) is 16.2. The number of fused-ring (bicyclic) bond motifs is 1. The second-order valence-electron chi connectivity index (χ2n) is 5.86. The number of carbonyl (C=O) groups is 1. The smallest absolute Gasteiger partial charge is 0.221 e. The van der Waals surface area contributed by atoms with Crippen molar-refractivity contribution >= 4 is 5.91 Å². The number of benzene rings is 1. The third-order valence-corrected chi connectivity index (χ3v) is 4.11. The van der Waals surface area contributed by atoms with Crippen LogP contribution in [-0.4, -0.2) is 46.4 Å². The molecule has 0 bridgehead atoms. The number of hydrogen-bond donors (Lipinski definition) is 1. The Balaban J connectivity index is 1.45. The fourth-order valence-corrected chi connectivity index (χ4v) is 2.68. The maximum atomic E-state index is 12.0. The van der Waals surface area contributed by atoms with Crippen molar-refractivity contribution in [3.8, 4) is 11.5 Å². The summed E-state index contributed by atoms with van der Waals surface area (Å²) in [5.41, 5.74) is 1.14. The number of hydrogen-bond acceptors (Lipinski definition) is 6. The Morgan fingerprint density at radius 2 is 2.38 bits per heavy atom. The van der Waals surface area contributed by atoms with E-state index in [1.165, 1.54) is 0 Å². The molecule has 0 unspecified atom stereocenters. The molecular weight excluding hydrogens is 310 g/mol. The zero-order chi connectivity index (χ0) is 16.9. The van der Waals surface area contributed by atoms with Gasteiger partial charge in [0.1, 0.15) is 17.3 Å². The molecule has 2 aromatic rings. The van der Waals surface area contributed by atoms with E-state index in [2.05, 4.69) is 20.8 Å². The second-order valence-corrected chi connectivity index (χ2v) is 5.86. The average Bonchev–Trinajstić information content (AvgIpc) is 3.02. The summed E-state index contributed by atoms with van der Waals surface area (Å²) in [6, 6.07) is 5.85. The molecular formula is C16H21N5O3. The van der Waals surface area contributed by atoms with Crippen LogP contribution < -0.4 is 14.8 Å². The number of tetrazole rings is 1. The van der Waals surface area contributed by atoms with Gasteiger partial charge in [0.05, 0.1) is 20.3 Å². The fraction of sp³-hybridized carbons (Fsp3) is 0.500. The summed E-state index contributed by atoms with van der Waals surface area (Å²) in [6.07, 6.45) is 1.24. The Labute approximate surface area is 140 Å². The quantitative estimate of drug-likeness (QED) is 0.840. The van der Waals surface area contributed by atoms with E-state index in [1.54, 1.807) is 11.8 Å². The number of aromatic nitrogens is 4. The Kier molecular flexibility index (Phi) is 4.93. The van der Waals surface area contributed by atoms with Gasteiger partial charge in [0.25, 0.3) is 0 Å². The lowest BCUT2D eigenvalue weighted by Gasteiger charge is -2.25. The average molecular weight is 331 g/mol. The van der Waals surface area contributed by atoms with Gasteiger partial charge >= 0.3 is 0 Å². The lowest BCUT2D eigenvalue weighted by molar-refractivity contribution is -0.121. The van der Waals surface area contributed by atoms with Gasteiger partial charge in [-0.3, -0.25) is 4.79 Å². The number of nitrogens with zero attached hydrogens (tertiary/aromatic N) is 4. The van der Waals surface area contributed by atoms with Gasteiger partial charge in [-0.15, -0.1) is 5.10 Å². The van der Waals surface area contributed by atoms with E-state index in [0.717, 1.165) is 23.5 Å². The first-order valence-electron chi connectivity index (χ1n) is 7.95. The molecule has 1 aliphatic heterocycles. The molecule has 1 atom stereocenters. The first kappa shape index (κ1) is 16.2. The van der Waals surface area contributed by atoms with Crippen molar-refractivity contribution < 1.29 is 14.3 Å². The zero-order valence-corrected chi connectivity index (χ0v) is 13.9. The van der Waals surface area contributed by atoms with Crippen molar-refractivity contribution in [1.29, 1.82) is 0 Å². The summed E-state index contributed by atoms with van der Waals surface area (Å²) >= 11 is 0. The Morgan fingerprint density at radius 3 is 3.12 bits per heavy atom. The molecule has 8 heteroatoms. The van der Waals surface area contributed by atoms with Crippen LogP contribution in [0, 0.1) is 12.8 Å². The Morgan fingerprint density at radius 1 is 1.50 bits per heavy atom. The first-order valence-corrected chi connectivity index (χ1v) is 7.95. The molecule has 1 amide bonds. The number of ether oxygens (including phenoxy) is 2. The van der Waals surface area contributed by atoms with Crippen LogP contribution in [0.4, 0.5) is 0 Å². The summed E-state index contributed by atoms with van der Waals surface area (Å²) in [6.45, 7) is 3.48. The highest BCUT2D eigenvalue weighted by molar-refractivity contribution is 5.75. The van der Waals surface area contributed by atoms with Crippen LogP contribution >= 0.6 is 0 Å². The van der Waals surface area contributed by atoms with Crippen LogP contribution in [0.25, 0.3) is 0 Å². The van der Waals surface area contributed by atoms with Crippen LogP contribution in [0.1, 0.15) is 17.8 Å². The number of nitrogens with one attached hydrogen (secondary N) is 1. The summed E-state index contributed by atoms with van der Waals surface area (Å²) in [4.78, 5) is 12.0. The van der Waals surface area contributed by atoms with Crippen LogP contribution in [0.3, 0.4) is 0 Å². The van der Waals surface area contributed by atoms with E-state index in [-0.39, 0.29) is 11.8 Å². The summed E-state index contributed by atoms with van der Waals surface area (Å²) < 4.78 is 12.6. The second kappa shape index (κ2) is 7.29. The minimum atomic E-state index is -0.00886. The van der Waals surface area contributed by atoms with Gasteiger partial charge < -0.3 is 14.8 Å². The number of carbonyl (C=O) groups excluding carboxylic acids is 1. The number of methoxy groups -OCH3 is 1. The molecule has 0 spiro atoms. The molecule has 0 aliphatic carbocycles. The molecule has 0 radical (unpaired) electrons. The summed E-state index contributed by atoms with van der Waals surface area (Å²) in [7, 11) is 1.64. The van der Waals surface area contributed by atoms with E-state index in [9.17, 15) is 4.79 Å². The lowest BCUT2D eigenvalue weighted by Crippen LogP contribution is -2.35. The van der Waals surface area contributed by atoms with Crippen molar-refractivity contribution in [2.75, 3.05) is 20.3 Å². The molecule has 1 aromatic heterocycles. The molecule has 0 fully saturated rings. The van der Waals surface area contributed by atoms with E-state index in [0.29, 0.717) is 31.9 Å². The molecule has 8 nitrogen and oxygen atoms in total. The highest BCUT2D eigenvalue weighted by Gasteiger charge is 2.21. The van der Waals surface area contributed by atoms with Gasteiger partial charge in [0.15, 0.2) is 0 Å². The minimum Gasteiger partial charge on any atom is -0.497 e. The summed E-state index contributed by atoms with van der Waals surface area (Å²) in [5.74, 6) is 2.62. The third-order valence-electron chi connectivity index (χ3n) is 4.11.